The van der Waals surface area contributed by atoms with E-state index in [1.165, 1.54) is 0 Å². The van der Waals surface area contributed by atoms with Gasteiger partial charge in [0.15, 0.2) is 0 Å². The van der Waals surface area contributed by atoms with Crippen LogP contribution < -0.4 is 4.74 Å². The number of nitrogens with zero attached hydrogens (tertiary/aromatic N) is 2. The second-order valence-corrected chi connectivity index (χ2v) is 5.57. The molecule has 0 saturated heterocycles. The maximum atomic E-state index is 11.3. The van der Waals surface area contributed by atoms with Crippen LogP contribution in [-0.2, 0) is 11.3 Å². The minimum atomic E-state index is -0.891. The zero-order chi connectivity index (χ0) is 16.6. The lowest BCUT2D eigenvalue weighted by atomic mass is 10.1. The van der Waals surface area contributed by atoms with Gasteiger partial charge in [-0.15, -0.1) is 0 Å². The van der Waals surface area contributed by atoms with Gasteiger partial charge in [0, 0.05) is 5.56 Å². The standard InChI is InChI=1S/C18H18N2O3/c1-11-8-15-16(9-12(11)2)20(10-17(21)22)18(19-15)13-4-6-14(23-3)7-5-13/h4-9H,10H2,1-3H3,(H,21,22). The summed E-state index contributed by atoms with van der Waals surface area (Å²) in [5, 5.41) is 9.25. The summed E-state index contributed by atoms with van der Waals surface area (Å²) in [6, 6.07) is 11.5. The van der Waals surface area contributed by atoms with Crippen molar-refractivity contribution in [3.63, 3.8) is 0 Å². The molecule has 23 heavy (non-hydrogen) atoms. The van der Waals surface area contributed by atoms with Crippen LogP contribution in [0.2, 0.25) is 0 Å². The van der Waals surface area contributed by atoms with Crippen molar-refractivity contribution in [2.24, 2.45) is 0 Å². The van der Waals surface area contributed by atoms with Gasteiger partial charge in [-0.2, -0.15) is 0 Å². The van der Waals surface area contributed by atoms with Crippen LogP contribution in [0.15, 0.2) is 36.4 Å². The van der Waals surface area contributed by atoms with E-state index in [-0.39, 0.29) is 6.54 Å². The molecule has 0 atom stereocenters. The molecule has 3 rings (SSSR count). The number of carbonyl (C=O) groups is 1. The van der Waals surface area contributed by atoms with Crippen molar-refractivity contribution < 1.29 is 14.6 Å². The summed E-state index contributed by atoms with van der Waals surface area (Å²) in [5.41, 5.74) is 4.75. The third kappa shape index (κ3) is 2.77. The highest BCUT2D eigenvalue weighted by atomic mass is 16.5. The molecule has 1 N–H and O–H groups in total. The number of methoxy groups -OCH3 is 1. The summed E-state index contributed by atoms with van der Waals surface area (Å²) >= 11 is 0. The number of carboxylic acid groups (broad SMARTS) is 1. The van der Waals surface area contributed by atoms with Crippen LogP contribution in [0, 0.1) is 13.8 Å². The van der Waals surface area contributed by atoms with Crippen LogP contribution in [-0.4, -0.2) is 27.7 Å². The highest BCUT2D eigenvalue weighted by Gasteiger charge is 2.16. The van der Waals surface area contributed by atoms with Crippen molar-refractivity contribution in [2.45, 2.75) is 20.4 Å². The summed E-state index contributed by atoms with van der Waals surface area (Å²) in [4.78, 5) is 15.9. The van der Waals surface area contributed by atoms with Gasteiger partial charge in [-0.3, -0.25) is 4.79 Å². The number of aliphatic carboxylic acids is 1. The van der Waals surface area contributed by atoms with E-state index in [2.05, 4.69) is 4.98 Å². The Bertz CT molecular complexity index is 879. The Kier molecular flexibility index (Phi) is 3.78. The molecule has 2 aromatic carbocycles. The van der Waals surface area contributed by atoms with Gasteiger partial charge in [0.2, 0.25) is 0 Å². The molecule has 3 aromatic rings. The molecule has 5 nitrogen and oxygen atoms in total. The Morgan fingerprint density at radius 3 is 2.43 bits per heavy atom. The minimum Gasteiger partial charge on any atom is -0.497 e. The number of hydrogen-bond acceptors (Lipinski definition) is 3. The van der Waals surface area contributed by atoms with Crippen molar-refractivity contribution in [1.29, 1.82) is 0 Å². The van der Waals surface area contributed by atoms with Gasteiger partial charge in [-0.1, -0.05) is 0 Å². The summed E-state index contributed by atoms with van der Waals surface area (Å²) in [6.07, 6.45) is 0. The molecule has 0 bridgehead atoms. The third-order valence-corrected chi connectivity index (χ3v) is 4.01. The van der Waals surface area contributed by atoms with Gasteiger partial charge >= 0.3 is 5.97 Å². The first kappa shape index (κ1) is 15.1. The molecule has 5 heteroatoms. The number of fused-ring (bicyclic) bond motifs is 1. The molecule has 0 spiro atoms. The molecule has 0 amide bonds. The number of aryl methyl sites for hydroxylation is 2. The molecular formula is C18H18N2O3. The maximum Gasteiger partial charge on any atom is 0.323 e. The van der Waals surface area contributed by atoms with Crippen LogP contribution in [0.1, 0.15) is 11.1 Å². The number of rotatable bonds is 4. The number of benzene rings is 2. The third-order valence-electron chi connectivity index (χ3n) is 4.01. The average Bonchev–Trinajstić information content (AvgIpc) is 2.85. The number of hydrogen-bond donors (Lipinski definition) is 1. The van der Waals surface area contributed by atoms with Crippen LogP contribution >= 0.6 is 0 Å². The molecular weight excluding hydrogens is 292 g/mol. The Balaban J connectivity index is 2.23. The lowest BCUT2D eigenvalue weighted by Crippen LogP contribution is -2.10. The number of imidazole rings is 1. The Morgan fingerprint density at radius 1 is 1.17 bits per heavy atom. The summed E-state index contributed by atoms with van der Waals surface area (Å²) in [7, 11) is 1.61. The van der Waals surface area contributed by atoms with E-state index < -0.39 is 5.97 Å². The molecule has 118 valence electrons. The normalized spacial score (nSPS) is 10.9. The van der Waals surface area contributed by atoms with Crippen molar-refractivity contribution in [1.82, 2.24) is 9.55 Å². The summed E-state index contributed by atoms with van der Waals surface area (Å²) in [5.74, 6) is 0.508. The Labute approximate surface area is 134 Å². The Hall–Kier alpha value is -2.82. The van der Waals surface area contributed by atoms with E-state index in [0.717, 1.165) is 33.5 Å². The molecule has 0 aliphatic heterocycles. The van der Waals surface area contributed by atoms with E-state index in [0.29, 0.717) is 5.82 Å². The van der Waals surface area contributed by atoms with E-state index in [1.54, 1.807) is 11.7 Å². The molecule has 0 fully saturated rings. The Morgan fingerprint density at radius 2 is 1.83 bits per heavy atom. The highest BCUT2D eigenvalue weighted by Crippen LogP contribution is 2.28. The van der Waals surface area contributed by atoms with E-state index in [4.69, 9.17) is 4.74 Å². The molecule has 0 aliphatic rings. The van der Waals surface area contributed by atoms with Crippen molar-refractivity contribution in [2.75, 3.05) is 7.11 Å². The highest BCUT2D eigenvalue weighted by molar-refractivity contribution is 5.84. The fourth-order valence-electron chi connectivity index (χ4n) is 2.64. The number of ether oxygens (including phenoxy) is 1. The molecule has 0 aliphatic carbocycles. The first-order valence-electron chi connectivity index (χ1n) is 7.33. The number of carboxylic acids is 1. The van der Waals surface area contributed by atoms with Crippen molar-refractivity contribution in [3.05, 3.63) is 47.5 Å². The smallest absolute Gasteiger partial charge is 0.323 e. The monoisotopic (exact) mass is 310 g/mol. The topological polar surface area (TPSA) is 64.4 Å². The van der Waals surface area contributed by atoms with Gasteiger partial charge in [0.1, 0.15) is 18.1 Å². The number of aromatic nitrogens is 2. The SMILES string of the molecule is COc1ccc(-c2nc3cc(C)c(C)cc3n2CC(=O)O)cc1. The van der Waals surface area contributed by atoms with Crippen molar-refractivity contribution >= 4 is 17.0 Å². The van der Waals surface area contributed by atoms with Gasteiger partial charge in [0.05, 0.1) is 18.1 Å². The first-order valence-corrected chi connectivity index (χ1v) is 7.33. The van der Waals surface area contributed by atoms with Gasteiger partial charge in [-0.25, -0.2) is 4.98 Å². The fourth-order valence-corrected chi connectivity index (χ4v) is 2.64. The molecule has 1 heterocycles. The molecule has 0 saturated carbocycles. The van der Waals surface area contributed by atoms with E-state index in [1.807, 2.05) is 50.2 Å². The zero-order valence-electron chi connectivity index (χ0n) is 13.3. The van der Waals surface area contributed by atoms with Crippen molar-refractivity contribution in [3.8, 4) is 17.1 Å². The fraction of sp³-hybridized carbons (Fsp3) is 0.222. The van der Waals surface area contributed by atoms with Gasteiger partial charge in [0.25, 0.3) is 0 Å². The van der Waals surface area contributed by atoms with Gasteiger partial charge < -0.3 is 14.4 Å². The summed E-state index contributed by atoms with van der Waals surface area (Å²) < 4.78 is 6.91. The van der Waals surface area contributed by atoms with Crippen LogP contribution in [0.25, 0.3) is 22.4 Å². The van der Waals surface area contributed by atoms with E-state index >= 15 is 0 Å². The molecule has 0 radical (unpaired) electrons. The molecule has 1 aromatic heterocycles. The largest absolute Gasteiger partial charge is 0.497 e. The van der Waals surface area contributed by atoms with Crippen LogP contribution in [0.5, 0.6) is 5.75 Å². The second kappa shape index (κ2) is 5.76. The van der Waals surface area contributed by atoms with Gasteiger partial charge in [-0.05, 0) is 61.4 Å². The zero-order valence-corrected chi connectivity index (χ0v) is 13.3. The molecule has 0 unspecified atom stereocenters. The lowest BCUT2D eigenvalue weighted by Gasteiger charge is -2.08. The quantitative estimate of drug-likeness (QED) is 0.802. The minimum absolute atomic E-state index is 0.125. The average molecular weight is 310 g/mol. The second-order valence-electron chi connectivity index (χ2n) is 5.57. The predicted molar refractivity (Wildman–Crippen MR) is 88.8 cm³/mol. The lowest BCUT2D eigenvalue weighted by molar-refractivity contribution is -0.137. The van der Waals surface area contributed by atoms with E-state index in [9.17, 15) is 9.90 Å². The van der Waals surface area contributed by atoms with Crippen LogP contribution in [0.3, 0.4) is 0 Å². The predicted octanol–water partition coefficient (Wildman–Crippen LogP) is 3.41. The van der Waals surface area contributed by atoms with Crippen LogP contribution in [0.4, 0.5) is 0 Å². The maximum absolute atomic E-state index is 11.3. The first-order chi connectivity index (χ1) is 11.0. The summed E-state index contributed by atoms with van der Waals surface area (Å²) in [6.45, 7) is 3.92.